The molecule has 0 N–H and O–H groups in total. The molecule has 20 heavy (non-hydrogen) atoms. The van der Waals surface area contributed by atoms with Gasteiger partial charge in [-0.05, 0) is 37.1 Å². The van der Waals surface area contributed by atoms with Crippen LogP contribution in [0.5, 0.6) is 0 Å². The molecule has 0 spiro atoms. The molecule has 0 atom stereocenters. The molecule has 0 radical (unpaired) electrons. The first kappa shape index (κ1) is 15.6. The minimum Gasteiger partial charge on any atom is -0.475 e. The van der Waals surface area contributed by atoms with Gasteiger partial charge < -0.3 is 18.5 Å². The topological polar surface area (TPSA) is 30.9 Å². The minimum absolute atomic E-state index is 0.692. The standard InChI is InChI=1S/C15H27NO3Si/c1-17-20(18-2)13-7-3-5-10-16(11-8-14-20)15-9-4-6-12-19-15/h4,6,9H,3,5,7-8,10-14H2,1-2H3. The van der Waals surface area contributed by atoms with Crippen molar-refractivity contribution in [2.75, 3.05) is 33.9 Å². The van der Waals surface area contributed by atoms with Gasteiger partial charge in [-0.3, -0.25) is 0 Å². The molecule has 0 saturated carbocycles. The fourth-order valence-corrected chi connectivity index (χ4v) is 5.66. The molecule has 1 saturated heterocycles. The Balaban J connectivity index is 1.97. The predicted molar refractivity (Wildman–Crippen MR) is 82.6 cm³/mol. The van der Waals surface area contributed by atoms with E-state index in [-0.39, 0.29) is 0 Å². The fourth-order valence-electron chi connectivity index (χ4n) is 2.95. The van der Waals surface area contributed by atoms with E-state index in [1.54, 1.807) is 0 Å². The molecule has 2 aliphatic rings. The van der Waals surface area contributed by atoms with Gasteiger partial charge in [0.05, 0.1) is 0 Å². The molecule has 2 heterocycles. The summed E-state index contributed by atoms with van der Waals surface area (Å²) in [6, 6.07) is 2.20. The molecule has 0 bridgehead atoms. The van der Waals surface area contributed by atoms with Gasteiger partial charge in [0.25, 0.3) is 0 Å². The van der Waals surface area contributed by atoms with Crippen molar-refractivity contribution in [3.63, 3.8) is 0 Å². The highest BCUT2D eigenvalue weighted by atomic mass is 28.4. The fraction of sp³-hybridized carbons (Fsp3) is 0.733. The van der Waals surface area contributed by atoms with Crippen LogP contribution in [0.25, 0.3) is 0 Å². The van der Waals surface area contributed by atoms with E-state index in [2.05, 4.69) is 17.1 Å². The van der Waals surface area contributed by atoms with E-state index in [1.165, 1.54) is 19.3 Å². The summed E-state index contributed by atoms with van der Waals surface area (Å²) in [5, 5.41) is 0. The van der Waals surface area contributed by atoms with Crippen LogP contribution in [0.3, 0.4) is 0 Å². The Morgan fingerprint density at radius 1 is 1.05 bits per heavy atom. The van der Waals surface area contributed by atoms with Crippen LogP contribution >= 0.6 is 0 Å². The van der Waals surface area contributed by atoms with Crippen LogP contribution in [0.1, 0.15) is 25.7 Å². The zero-order valence-corrected chi connectivity index (χ0v) is 13.8. The number of nitrogens with zero attached hydrogens (tertiary/aromatic N) is 1. The minimum atomic E-state index is -1.95. The molecule has 0 aliphatic carbocycles. The number of hydrogen-bond donors (Lipinski definition) is 0. The van der Waals surface area contributed by atoms with Gasteiger partial charge >= 0.3 is 8.56 Å². The predicted octanol–water partition coefficient (Wildman–Crippen LogP) is 3.03. The van der Waals surface area contributed by atoms with E-state index in [1.807, 2.05) is 20.3 Å². The van der Waals surface area contributed by atoms with Gasteiger partial charge in [0.2, 0.25) is 0 Å². The van der Waals surface area contributed by atoms with Crippen molar-refractivity contribution in [3.8, 4) is 0 Å². The number of allylic oxidation sites excluding steroid dienone is 2. The molecule has 2 aliphatic heterocycles. The maximum absolute atomic E-state index is 5.78. The normalized spacial score (nSPS) is 23.9. The Morgan fingerprint density at radius 2 is 1.80 bits per heavy atom. The molecule has 0 unspecified atom stereocenters. The van der Waals surface area contributed by atoms with Gasteiger partial charge in [-0.25, -0.2) is 0 Å². The van der Waals surface area contributed by atoms with Crippen LogP contribution in [-0.2, 0) is 13.6 Å². The SMILES string of the molecule is CO[Si]1(OC)CCCCCN(C2=CC=CCO2)CCC1. The monoisotopic (exact) mass is 297 g/mol. The zero-order valence-electron chi connectivity index (χ0n) is 12.8. The number of ether oxygens (including phenoxy) is 1. The third-order valence-corrected chi connectivity index (χ3v) is 7.95. The first-order valence-corrected chi connectivity index (χ1v) is 9.88. The van der Waals surface area contributed by atoms with Crippen molar-refractivity contribution < 1.29 is 13.6 Å². The van der Waals surface area contributed by atoms with E-state index in [0.717, 1.165) is 37.5 Å². The lowest BCUT2D eigenvalue weighted by molar-refractivity contribution is 0.124. The van der Waals surface area contributed by atoms with E-state index < -0.39 is 8.56 Å². The second-order valence-electron chi connectivity index (χ2n) is 5.46. The quantitative estimate of drug-likeness (QED) is 0.749. The van der Waals surface area contributed by atoms with Crippen molar-refractivity contribution >= 4 is 8.56 Å². The summed E-state index contributed by atoms with van der Waals surface area (Å²) in [6.45, 7) is 2.81. The Kier molecular flexibility index (Phi) is 6.13. The van der Waals surface area contributed by atoms with E-state index in [4.69, 9.17) is 13.6 Å². The van der Waals surface area contributed by atoms with Gasteiger partial charge in [0.15, 0.2) is 5.88 Å². The largest absolute Gasteiger partial charge is 0.475 e. The summed E-state index contributed by atoms with van der Waals surface area (Å²) < 4.78 is 17.3. The lowest BCUT2D eigenvalue weighted by Gasteiger charge is -2.32. The van der Waals surface area contributed by atoms with Crippen molar-refractivity contribution in [2.45, 2.75) is 37.8 Å². The molecule has 0 aromatic rings. The summed E-state index contributed by atoms with van der Waals surface area (Å²) in [5.74, 6) is 1.02. The van der Waals surface area contributed by atoms with Crippen LogP contribution in [0.4, 0.5) is 0 Å². The molecule has 5 heteroatoms. The Bertz CT molecular complexity index is 353. The highest BCUT2D eigenvalue weighted by Gasteiger charge is 2.34. The Morgan fingerprint density at radius 3 is 2.50 bits per heavy atom. The summed E-state index contributed by atoms with van der Waals surface area (Å²) in [7, 11) is 1.68. The van der Waals surface area contributed by atoms with Crippen LogP contribution in [-0.4, -0.2) is 47.4 Å². The van der Waals surface area contributed by atoms with Gasteiger partial charge in [0, 0.05) is 27.3 Å². The van der Waals surface area contributed by atoms with Crippen LogP contribution in [0, 0.1) is 0 Å². The lowest BCUT2D eigenvalue weighted by atomic mass is 10.2. The summed E-state index contributed by atoms with van der Waals surface area (Å²) in [4.78, 5) is 2.37. The lowest BCUT2D eigenvalue weighted by Crippen LogP contribution is -2.41. The van der Waals surface area contributed by atoms with Crippen molar-refractivity contribution in [3.05, 3.63) is 24.1 Å². The highest BCUT2D eigenvalue weighted by Crippen LogP contribution is 2.25. The van der Waals surface area contributed by atoms with Crippen LogP contribution < -0.4 is 0 Å². The zero-order chi connectivity index (χ0) is 14.3. The number of rotatable bonds is 3. The van der Waals surface area contributed by atoms with E-state index in [9.17, 15) is 0 Å². The van der Waals surface area contributed by atoms with Crippen molar-refractivity contribution in [1.82, 2.24) is 4.90 Å². The van der Waals surface area contributed by atoms with E-state index >= 15 is 0 Å². The Hall–Kier alpha value is -0.783. The van der Waals surface area contributed by atoms with Gasteiger partial charge in [-0.15, -0.1) is 0 Å². The molecular formula is C15H27NO3Si. The second kappa shape index (κ2) is 7.86. The highest BCUT2D eigenvalue weighted by molar-refractivity contribution is 6.67. The smallest absolute Gasteiger partial charge is 0.337 e. The van der Waals surface area contributed by atoms with Gasteiger partial charge in [0.1, 0.15) is 6.61 Å². The first-order valence-electron chi connectivity index (χ1n) is 7.64. The van der Waals surface area contributed by atoms with Crippen LogP contribution in [0.15, 0.2) is 24.1 Å². The third-order valence-electron chi connectivity index (χ3n) is 4.23. The maximum atomic E-state index is 5.78. The Labute approximate surface area is 123 Å². The summed E-state index contributed by atoms with van der Waals surface area (Å²) >= 11 is 0. The average molecular weight is 297 g/mol. The van der Waals surface area contributed by atoms with Gasteiger partial charge in [-0.2, -0.15) is 0 Å². The molecule has 0 aromatic carbocycles. The van der Waals surface area contributed by atoms with Crippen molar-refractivity contribution in [1.29, 1.82) is 0 Å². The second-order valence-corrected chi connectivity index (χ2v) is 9.10. The first-order chi connectivity index (χ1) is 9.79. The molecule has 4 nitrogen and oxygen atoms in total. The molecule has 114 valence electrons. The molecule has 0 amide bonds. The maximum Gasteiger partial charge on any atom is 0.337 e. The molecule has 1 fully saturated rings. The van der Waals surface area contributed by atoms with Gasteiger partial charge in [-0.1, -0.05) is 18.9 Å². The third kappa shape index (κ3) is 4.10. The average Bonchev–Trinajstić information content (AvgIpc) is 2.53. The summed E-state index contributed by atoms with van der Waals surface area (Å²) in [5.41, 5.74) is 0. The molecule has 2 rings (SSSR count). The van der Waals surface area contributed by atoms with Crippen molar-refractivity contribution in [2.24, 2.45) is 0 Å². The van der Waals surface area contributed by atoms with E-state index in [0.29, 0.717) is 6.61 Å². The molecular weight excluding hydrogens is 270 g/mol. The number of hydrogen-bond acceptors (Lipinski definition) is 4. The molecule has 0 aromatic heterocycles. The summed E-state index contributed by atoms with van der Waals surface area (Å²) in [6.07, 6.45) is 11.0. The van der Waals surface area contributed by atoms with Crippen LogP contribution in [0.2, 0.25) is 12.1 Å².